The lowest BCUT2D eigenvalue weighted by Crippen LogP contribution is -2.60. The molecular formula is C33H37N3O5. The van der Waals surface area contributed by atoms with Crippen molar-refractivity contribution < 1.29 is 24.2 Å². The highest BCUT2D eigenvalue weighted by atomic mass is 16.5. The van der Waals surface area contributed by atoms with Gasteiger partial charge < -0.3 is 20.5 Å². The van der Waals surface area contributed by atoms with Gasteiger partial charge in [0.2, 0.25) is 5.91 Å². The van der Waals surface area contributed by atoms with Crippen LogP contribution >= 0.6 is 0 Å². The zero-order valence-electron chi connectivity index (χ0n) is 23.3. The summed E-state index contributed by atoms with van der Waals surface area (Å²) in [6.45, 7) is 1.29. The Labute approximate surface area is 240 Å². The van der Waals surface area contributed by atoms with Crippen molar-refractivity contribution >= 4 is 18.0 Å². The molecule has 0 aromatic heterocycles. The fourth-order valence-corrected chi connectivity index (χ4v) is 6.00. The fourth-order valence-electron chi connectivity index (χ4n) is 6.00. The number of nitrogens with one attached hydrogen (secondary N) is 2. The predicted molar refractivity (Wildman–Crippen MR) is 156 cm³/mol. The standard InChI is InChI=1S/C33H37N3O5/c1-36(20-23-10-3-2-4-11-23)33(18-9-19-33)22-34-31(39)29(16-17-30(37)38)35-32(40)41-21-28-26-14-7-5-12-24(26)25-13-6-8-15-27(25)28/h2-8,10-15,28-29H,9,16-22H2,1H3,(H,34,39)(H,35,40)(H,37,38). The lowest BCUT2D eigenvalue weighted by Gasteiger charge is -2.49. The molecule has 8 nitrogen and oxygen atoms in total. The molecule has 1 fully saturated rings. The third-order valence-electron chi connectivity index (χ3n) is 8.55. The molecule has 0 spiro atoms. The summed E-state index contributed by atoms with van der Waals surface area (Å²) in [7, 11) is 2.06. The Hall–Kier alpha value is -4.17. The SMILES string of the molecule is CN(Cc1ccccc1)C1(CNC(=O)C(CCC(=O)O)NC(=O)OCC2c3ccccc3-c3ccccc32)CCC1. The Balaban J connectivity index is 1.20. The van der Waals surface area contributed by atoms with Crippen LogP contribution < -0.4 is 10.6 Å². The van der Waals surface area contributed by atoms with Crippen molar-refractivity contribution in [2.24, 2.45) is 0 Å². The van der Waals surface area contributed by atoms with Crippen LogP contribution in [0.25, 0.3) is 11.1 Å². The zero-order chi connectivity index (χ0) is 28.8. The summed E-state index contributed by atoms with van der Waals surface area (Å²) in [5, 5.41) is 14.9. The number of nitrogens with zero attached hydrogens (tertiary/aromatic N) is 1. The quantitative estimate of drug-likeness (QED) is 0.293. The second kappa shape index (κ2) is 12.6. The van der Waals surface area contributed by atoms with Crippen LogP contribution in [-0.2, 0) is 20.9 Å². The highest BCUT2D eigenvalue weighted by Gasteiger charge is 2.41. The van der Waals surface area contributed by atoms with Gasteiger partial charge in [-0.25, -0.2) is 4.79 Å². The van der Waals surface area contributed by atoms with Crippen molar-refractivity contribution in [3.63, 3.8) is 0 Å². The number of amides is 2. The second-order valence-corrected chi connectivity index (χ2v) is 11.1. The number of benzene rings is 3. The first-order chi connectivity index (χ1) is 19.9. The molecule has 214 valence electrons. The molecule has 1 atom stereocenters. The first kappa shape index (κ1) is 28.4. The summed E-state index contributed by atoms with van der Waals surface area (Å²) >= 11 is 0. The third-order valence-corrected chi connectivity index (χ3v) is 8.55. The molecule has 0 saturated heterocycles. The minimum atomic E-state index is -1.03. The number of likely N-dealkylation sites (N-methyl/N-ethyl adjacent to an activating group) is 1. The number of carboxylic acid groups (broad SMARTS) is 1. The molecule has 1 saturated carbocycles. The molecule has 0 radical (unpaired) electrons. The molecule has 41 heavy (non-hydrogen) atoms. The molecule has 3 N–H and O–H groups in total. The highest BCUT2D eigenvalue weighted by molar-refractivity contribution is 5.86. The van der Waals surface area contributed by atoms with Gasteiger partial charge in [0.15, 0.2) is 0 Å². The van der Waals surface area contributed by atoms with Crippen molar-refractivity contribution in [1.29, 1.82) is 0 Å². The lowest BCUT2D eigenvalue weighted by molar-refractivity contribution is -0.137. The summed E-state index contributed by atoms with van der Waals surface area (Å²) < 4.78 is 5.62. The number of hydrogen-bond acceptors (Lipinski definition) is 5. The fraction of sp³-hybridized carbons (Fsp3) is 0.364. The van der Waals surface area contributed by atoms with Crippen LogP contribution in [0.15, 0.2) is 78.9 Å². The summed E-state index contributed by atoms with van der Waals surface area (Å²) in [5.41, 5.74) is 5.45. The molecule has 0 bridgehead atoms. The minimum absolute atomic E-state index is 0.0295. The van der Waals surface area contributed by atoms with E-state index >= 15 is 0 Å². The number of rotatable bonds is 12. The van der Waals surface area contributed by atoms with E-state index in [1.807, 2.05) is 54.6 Å². The Morgan fingerprint density at radius 1 is 0.951 bits per heavy atom. The Morgan fingerprint density at radius 2 is 1.56 bits per heavy atom. The van der Waals surface area contributed by atoms with E-state index in [1.54, 1.807) is 0 Å². The summed E-state index contributed by atoms with van der Waals surface area (Å²) in [5.74, 6) is -1.55. The number of hydrogen-bond donors (Lipinski definition) is 3. The number of fused-ring (bicyclic) bond motifs is 3. The van der Waals surface area contributed by atoms with E-state index in [-0.39, 0.29) is 30.9 Å². The molecule has 8 heteroatoms. The van der Waals surface area contributed by atoms with Crippen LogP contribution in [0.5, 0.6) is 0 Å². The van der Waals surface area contributed by atoms with E-state index in [9.17, 15) is 19.5 Å². The number of ether oxygens (including phenoxy) is 1. The van der Waals surface area contributed by atoms with Gasteiger partial charge in [0.25, 0.3) is 0 Å². The Kier molecular flexibility index (Phi) is 8.69. The first-order valence-corrected chi connectivity index (χ1v) is 14.2. The Bertz CT molecular complexity index is 1340. The molecule has 0 aliphatic heterocycles. The van der Waals surface area contributed by atoms with Crippen molar-refractivity contribution in [2.75, 3.05) is 20.2 Å². The van der Waals surface area contributed by atoms with Crippen LogP contribution in [0, 0.1) is 0 Å². The molecule has 5 rings (SSSR count). The minimum Gasteiger partial charge on any atom is -0.481 e. The third kappa shape index (κ3) is 6.43. The van der Waals surface area contributed by atoms with Gasteiger partial charge in [0.05, 0.1) is 0 Å². The maximum absolute atomic E-state index is 13.3. The van der Waals surface area contributed by atoms with Crippen molar-refractivity contribution in [2.45, 2.75) is 56.1 Å². The molecule has 1 unspecified atom stereocenters. The maximum Gasteiger partial charge on any atom is 0.407 e. The van der Waals surface area contributed by atoms with E-state index in [2.05, 4.69) is 46.8 Å². The van der Waals surface area contributed by atoms with Gasteiger partial charge in [-0.15, -0.1) is 0 Å². The highest BCUT2D eigenvalue weighted by Crippen LogP contribution is 2.44. The van der Waals surface area contributed by atoms with E-state index in [1.165, 1.54) is 5.56 Å². The molecule has 2 aliphatic carbocycles. The van der Waals surface area contributed by atoms with E-state index in [0.717, 1.165) is 48.1 Å². The normalized spacial score (nSPS) is 15.8. The van der Waals surface area contributed by atoms with E-state index in [4.69, 9.17) is 4.74 Å². The van der Waals surface area contributed by atoms with E-state index < -0.39 is 24.0 Å². The van der Waals surface area contributed by atoms with Crippen LogP contribution in [-0.4, -0.2) is 59.8 Å². The van der Waals surface area contributed by atoms with Crippen molar-refractivity contribution in [1.82, 2.24) is 15.5 Å². The Morgan fingerprint density at radius 3 is 2.15 bits per heavy atom. The topological polar surface area (TPSA) is 108 Å². The van der Waals surface area contributed by atoms with Crippen LogP contribution in [0.1, 0.15) is 54.7 Å². The smallest absolute Gasteiger partial charge is 0.407 e. The number of aliphatic carboxylic acids is 1. The van der Waals surface area contributed by atoms with Crippen LogP contribution in [0.4, 0.5) is 4.79 Å². The largest absolute Gasteiger partial charge is 0.481 e. The maximum atomic E-state index is 13.3. The summed E-state index contributed by atoms with van der Waals surface area (Å²) in [6, 6.07) is 25.3. The average molecular weight is 556 g/mol. The molecule has 2 aliphatic rings. The van der Waals surface area contributed by atoms with Gasteiger partial charge >= 0.3 is 12.1 Å². The van der Waals surface area contributed by atoms with Gasteiger partial charge in [-0.1, -0.05) is 78.9 Å². The van der Waals surface area contributed by atoms with Gasteiger partial charge in [0.1, 0.15) is 12.6 Å². The number of alkyl carbamates (subject to hydrolysis) is 1. The second-order valence-electron chi connectivity index (χ2n) is 11.1. The molecule has 2 amide bonds. The lowest BCUT2D eigenvalue weighted by atomic mass is 9.75. The number of carbonyl (C=O) groups excluding carboxylic acids is 2. The van der Waals surface area contributed by atoms with Gasteiger partial charge in [-0.2, -0.15) is 0 Å². The molecule has 0 heterocycles. The zero-order valence-corrected chi connectivity index (χ0v) is 23.3. The van der Waals surface area contributed by atoms with Crippen molar-refractivity contribution in [3.8, 4) is 11.1 Å². The van der Waals surface area contributed by atoms with E-state index in [0.29, 0.717) is 6.54 Å². The monoisotopic (exact) mass is 555 g/mol. The predicted octanol–water partition coefficient (Wildman–Crippen LogP) is 4.93. The summed E-state index contributed by atoms with van der Waals surface area (Å²) in [6.07, 6.45) is 1.97. The molecular weight excluding hydrogens is 518 g/mol. The number of carboxylic acids is 1. The van der Waals surface area contributed by atoms with Gasteiger partial charge in [-0.3, -0.25) is 14.5 Å². The first-order valence-electron chi connectivity index (χ1n) is 14.2. The summed E-state index contributed by atoms with van der Waals surface area (Å²) in [4.78, 5) is 39.7. The van der Waals surface area contributed by atoms with Crippen LogP contribution in [0.3, 0.4) is 0 Å². The average Bonchev–Trinajstić information content (AvgIpc) is 3.27. The van der Waals surface area contributed by atoms with Crippen LogP contribution in [0.2, 0.25) is 0 Å². The molecule has 3 aromatic rings. The van der Waals surface area contributed by atoms with Gasteiger partial charge in [0, 0.05) is 31.0 Å². The number of carbonyl (C=O) groups is 3. The molecule has 3 aromatic carbocycles. The van der Waals surface area contributed by atoms with Gasteiger partial charge in [-0.05, 0) is 60.5 Å². The van der Waals surface area contributed by atoms with Crippen molar-refractivity contribution in [3.05, 3.63) is 95.6 Å².